The number of hydrogen-bond acceptors (Lipinski definition) is 3. The zero-order chi connectivity index (χ0) is 14.3. The van der Waals surface area contributed by atoms with E-state index >= 15 is 0 Å². The first-order valence-electron chi connectivity index (χ1n) is 6.23. The minimum Gasteiger partial charge on any atom is -0.481 e. The lowest BCUT2D eigenvalue weighted by Gasteiger charge is -2.09. The Balaban J connectivity index is 2.37. The van der Waals surface area contributed by atoms with Gasteiger partial charge in [-0.15, -0.1) is 0 Å². The molecular weight excluding hydrogens is 274 g/mol. The van der Waals surface area contributed by atoms with Crippen LogP contribution in [0.25, 0.3) is 22.2 Å². The van der Waals surface area contributed by atoms with E-state index in [9.17, 15) is 0 Å². The number of pyridine rings is 2. The summed E-state index contributed by atoms with van der Waals surface area (Å²) in [6, 6.07) is 5.78. The Labute approximate surface area is 122 Å². The third-order valence-corrected chi connectivity index (χ3v) is 3.73. The van der Waals surface area contributed by atoms with Crippen LogP contribution < -0.4 is 4.74 Å². The molecule has 0 N–H and O–H groups in total. The van der Waals surface area contributed by atoms with Crippen molar-refractivity contribution in [2.24, 2.45) is 7.05 Å². The van der Waals surface area contributed by atoms with Crippen molar-refractivity contribution in [3.63, 3.8) is 0 Å². The van der Waals surface area contributed by atoms with Gasteiger partial charge in [0, 0.05) is 24.8 Å². The van der Waals surface area contributed by atoms with Crippen LogP contribution in [0.3, 0.4) is 0 Å². The maximum atomic E-state index is 6.00. The van der Waals surface area contributed by atoms with Gasteiger partial charge in [0.1, 0.15) is 5.15 Å². The van der Waals surface area contributed by atoms with E-state index in [-0.39, 0.29) is 0 Å². The predicted octanol–water partition coefficient (Wildman–Crippen LogP) is 3.61. The molecule has 3 aromatic rings. The molecule has 0 aromatic carbocycles. The molecule has 0 radical (unpaired) electrons. The smallest absolute Gasteiger partial charge is 0.222 e. The molecule has 0 atom stereocenters. The number of hydrogen-bond donors (Lipinski definition) is 0. The molecule has 3 aromatic heterocycles. The topological polar surface area (TPSA) is 39.9 Å². The molecule has 0 spiro atoms. The van der Waals surface area contributed by atoms with Crippen LogP contribution in [0.1, 0.15) is 5.56 Å². The summed E-state index contributed by atoms with van der Waals surface area (Å²) in [5.41, 5.74) is 4.21. The summed E-state index contributed by atoms with van der Waals surface area (Å²) < 4.78 is 7.46. The van der Waals surface area contributed by atoms with Gasteiger partial charge in [-0.2, -0.15) is 0 Å². The molecule has 0 bridgehead atoms. The minimum atomic E-state index is 0.489. The van der Waals surface area contributed by atoms with Crippen molar-refractivity contribution in [1.82, 2.24) is 14.5 Å². The van der Waals surface area contributed by atoms with Crippen LogP contribution in [-0.4, -0.2) is 21.6 Å². The van der Waals surface area contributed by atoms with Gasteiger partial charge in [-0.1, -0.05) is 11.6 Å². The average molecular weight is 288 g/mol. The first-order chi connectivity index (χ1) is 9.63. The lowest BCUT2D eigenvalue weighted by molar-refractivity contribution is 0.399. The average Bonchev–Trinajstić information content (AvgIpc) is 2.70. The largest absolute Gasteiger partial charge is 0.481 e. The SMILES string of the molecule is COc1ncccc1-c1c(C)c2cnc(Cl)cc2n1C. The van der Waals surface area contributed by atoms with Crippen molar-refractivity contribution < 1.29 is 4.74 Å². The molecule has 0 unspecified atom stereocenters. The first-order valence-corrected chi connectivity index (χ1v) is 6.61. The fourth-order valence-corrected chi connectivity index (χ4v) is 2.75. The van der Waals surface area contributed by atoms with Crippen LogP contribution >= 0.6 is 11.6 Å². The molecule has 0 saturated heterocycles. The number of aromatic nitrogens is 3. The first kappa shape index (κ1) is 12.9. The highest BCUT2D eigenvalue weighted by molar-refractivity contribution is 6.30. The number of aryl methyl sites for hydroxylation is 2. The van der Waals surface area contributed by atoms with E-state index in [1.165, 1.54) is 0 Å². The Kier molecular flexibility index (Phi) is 3.10. The van der Waals surface area contributed by atoms with Crippen molar-refractivity contribution >= 4 is 22.5 Å². The van der Waals surface area contributed by atoms with E-state index in [1.54, 1.807) is 19.5 Å². The third kappa shape index (κ3) is 1.84. The normalized spacial score (nSPS) is 11.0. The highest BCUT2D eigenvalue weighted by Crippen LogP contribution is 2.36. The molecule has 20 heavy (non-hydrogen) atoms. The van der Waals surface area contributed by atoms with Crippen molar-refractivity contribution in [3.8, 4) is 17.1 Å². The van der Waals surface area contributed by atoms with E-state index in [0.717, 1.165) is 27.7 Å². The molecule has 0 saturated carbocycles. The van der Waals surface area contributed by atoms with Gasteiger partial charge in [-0.3, -0.25) is 0 Å². The molecular formula is C15H14ClN3O. The molecule has 4 nitrogen and oxygen atoms in total. The number of ether oxygens (including phenoxy) is 1. The third-order valence-electron chi connectivity index (χ3n) is 3.52. The van der Waals surface area contributed by atoms with E-state index < -0.39 is 0 Å². The van der Waals surface area contributed by atoms with Gasteiger partial charge in [-0.05, 0) is 30.7 Å². The van der Waals surface area contributed by atoms with Gasteiger partial charge in [0.2, 0.25) is 5.88 Å². The molecule has 102 valence electrons. The maximum Gasteiger partial charge on any atom is 0.222 e. The number of nitrogens with zero attached hydrogens (tertiary/aromatic N) is 3. The quantitative estimate of drug-likeness (QED) is 0.676. The molecule has 5 heteroatoms. The monoisotopic (exact) mass is 287 g/mol. The highest BCUT2D eigenvalue weighted by atomic mass is 35.5. The van der Waals surface area contributed by atoms with E-state index in [4.69, 9.17) is 16.3 Å². The Morgan fingerprint density at radius 1 is 1.30 bits per heavy atom. The lowest BCUT2D eigenvalue weighted by Crippen LogP contribution is -1.97. The second-order valence-electron chi connectivity index (χ2n) is 4.62. The predicted molar refractivity (Wildman–Crippen MR) is 80.2 cm³/mol. The zero-order valence-electron chi connectivity index (χ0n) is 11.5. The van der Waals surface area contributed by atoms with Crippen LogP contribution in [0.4, 0.5) is 0 Å². The number of halogens is 1. The Morgan fingerprint density at radius 2 is 2.10 bits per heavy atom. The minimum absolute atomic E-state index is 0.489. The van der Waals surface area contributed by atoms with Crippen LogP contribution in [0.2, 0.25) is 5.15 Å². The zero-order valence-corrected chi connectivity index (χ0v) is 12.3. The summed E-state index contributed by atoms with van der Waals surface area (Å²) >= 11 is 6.00. The molecule has 0 aliphatic heterocycles. The maximum absolute atomic E-state index is 6.00. The molecule has 3 rings (SSSR count). The molecule has 0 aliphatic rings. The highest BCUT2D eigenvalue weighted by Gasteiger charge is 2.17. The van der Waals surface area contributed by atoms with E-state index in [2.05, 4.69) is 21.5 Å². The van der Waals surface area contributed by atoms with Gasteiger partial charge in [0.05, 0.1) is 23.9 Å². The Morgan fingerprint density at radius 3 is 2.85 bits per heavy atom. The summed E-state index contributed by atoms with van der Waals surface area (Å²) in [5, 5.41) is 1.57. The molecule has 0 aliphatic carbocycles. The summed E-state index contributed by atoms with van der Waals surface area (Å²) in [6.07, 6.45) is 3.53. The standard InChI is InChI=1S/C15H14ClN3O/c1-9-11-8-18-13(16)7-12(11)19(2)14(9)10-5-4-6-17-15(10)20-3/h4-8H,1-3H3. The number of rotatable bonds is 2. The van der Waals surface area contributed by atoms with Crippen molar-refractivity contribution in [2.45, 2.75) is 6.92 Å². The summed E-state index contributed by atoms with van der Waals surface area (Å²) in [6.45, 7) is 2.07. The van der Waals surface area contributed by atoms with Gasteiger partial charge >= 0.3 is 0 Å². The fourth-order valence-electron chi connectivity index (χ4n) is 2.60. The van der Waals surface area contributed by atoms with Crippen molar-refractivity contribution in [2.75, 3.05) is 7.11 Å². The summed E-state index contributed by atoms with van der Waals surface area (Å²) in [7, 11) is 3.63. The van der Waals surface area contributed by atoms with Gasteiger partial charge < -0.3 is 9.30 Å². The van der Waals surface area contributed by atoms with Crippen LogP contribution in [0, 0.1) is 6.92 Å². The van der Waals surface area contributed by atoms with Crippen molar-refractivity contribution in [1.29, 1.82) is 0 Å². The Bertz CT molecular complexity index is 795. The Hall–Kier alpha value is -2.07. The fraction of sp³-hybridized carbons (Fsp3) is 0.200. The van der Waals surface area contributed by atoms with Crippen LogP contribution in [0.15, 0.2) is 30.6 Å². The van der Waals surface area contributed by atoms with Crippen LogP contribution in [-0.2, 0) is 7.05 Å². The lowest BCUT2D eigenvalue weighted by atomic mass is 10.1. The number of methoxy groups -OCH3 is 1. The molecule has 0 fully saturated rings. The summed E-state index contributed by atoms with van der Waals surface area (Å²) in [5.74, 6) is 0.612. The summed E-state index contributed by atoms with van der Waals surface area (Å²) in [4.78, 5) is 8.43. The molecule has 3 heterocycles. The van der Waals surface area contributed by atoms with E-state index in [0.29, 0.717) is 11.0 Å². The van der Waals surface area contributed by atoms with Crippen molar-refractivity contribution in [3.05, 3.63) is 41.3 Å². The van der Waals surface area contributed by atoms with Gasteiger partial charge in [0.25, 0.3) is 0 Å². The van der Waals surface area contributed by atoms with E-state index in [1.807, 2.05) is 25.2 Å². The molecule has 0 amide bonds. The van der Waals surface area contributed by atoms with Gasteiger partial charge in [0.15, 0.2) is 0 Å². The second kappa shape index (κ2) is 4.80. The second-order valence-corrected chi connectivity index (χ2v) is 5.00. The van der Waals surface area contributed by atoms with Crippen LogP contribution in [0.5, 0.6) is 5.88 Å². The van der Waals surface area contributed by atoms with Gasteiger partial charge in [-0.25, -0.2) is 9.97 Å². The number of fused-ring (bicyclic) bond motifs is 1.